The molecule has 2 nitrogen and oxygen atoms in total. The van der Waals surface area contributed by atoms with Crippen molar-refractivity contribution in [2.45, 2.75) is 19.9 Å². The molecule has 0 N–H and O–H groups in total. The maximum atomic E-state index is 8.35. The zero-order chi connectivity index (χ0) is 6.15. The average Bonchev–Trinajstić information content (AvgIpc) is 1.81. The summed E-state index contributed by atoms with van der Waals surface area (Å²) in [6.07, 6.45) is 2.11. The van der Waals surface area contributed by atoms with Crippen molar-refractivity contribution in [3.05, 3.63) is 0 Å². The van der Waals surface area contributed by atoms with Gasteiger partial charge < -0.3 is 4.90 Å². The molecule has 2 unspecified atom stereocenters. The van der Waals surface area contributed by atoms with E-state index in [0.29, 0.717) is 6.04 Å². The molecule has 1 saturated heterocycles. The molecule has 0 spiro atoms. The molecule has 1 aliphatic heterocycles. The number of nitriles is 1. The smallest absolute Gasteiger partial charge is 0.179 e. The topological polar surface area (TPSA) is 27.0 Å². The van der Waals surface area contributed by atoms with Crippen LogP contribution in [0.5, 0.6) is 0 Å². The highest BCUT2D eigenvalue weighted by Gasteiger charge is 2.30. The first-order valence-electron chi connectivity index (χ1n) is 2.92. The van der Waals surface area contributed by atoms with E-state index in [2.05, 4.69) is 20.0 Å². The quantitative estimate of drug-likeness (QED) is 0.431. The lowest BCUT2D eigenvalue weighted by molar-refractivity contribution is 0.102. The fourth-order valence-electron chi connectivity index (χ4n) is 0.930. The Morgan fingerprint density at radius 3 is 2.38 bits per heavy atom. The summed E-state index contributed by atoms with van der Waals surface area (Å²) in [6.45, 7) is 5.20. The van der Waals surface area contributed by atoms with Crippen molar-refractivity contribution in [1.29, 1.82) is 5.26 Å². The van der Waals surface area contributed by atoms with Crippen molar-refractivity contribution in [2.75, 3.05) is 6.54 Å². The van der Waals surface area contributed by atoms with E-state index in [-0.39, 0.29) is 0 Å². The van der Waals surface area contributed by atoms with Gasteiger partial charge >= 0.3 is 0 Å². The van der Waals surface area contributed by atoms with Gasteiger partial charge in [0.2, 0.25) is 0 Å². The molecule has 0 aromatic carbocycles. The third-order valence-electron chi connectivity index (χ3n) is 1.93. The predicted molar refractivity (Wildman–Crippen MR) is 30.9 cm³/mol. The number of hydrogen-bond acceptors (Lipinski definition) is 2. The van der Waals surface area contributed by atoms with Gasteiger partial charge in [-0.05, 0) is 12.8 Å². The summed E-state index contributed by atoms with van der Waals surface area (Å²) < 4.78 is 0. The van der Waals surface area contributed by atoms with E-state index in [9.17, 15) is 0 Å². The van der Waals surface area contributed by atoms with Crippen molar-refractivity contribution in [3.8, 4) is 6.19 Å². The van der Waals surface area contributed by atoms with Crippen LogP contribution in [0.4, 0.5) is 0 Å². The van der Waals surface area contributed by atoms with Gasteiger partial charge in [-0.3, -0.25) is 0 Å². The van der Waals surface area contributed by atoms with E-state index in [1.54, 1.807) is 4.90 Å². The van der Waals surface area contributed by atoms with Crippen LogP contribution in [0.2, 0.25) is 0 Å². The summed E-state index contributed by atoms with van der Waals surface area (Å²) in [4.78, 5) is 1.80. The largest absolute Gasteiger partial charge is 0.307 e. The minimum absolute atomic E-state index is 0.486. The lowest BCUT2D eigenvalue weighted by Gasteiger charge is -2.40. The second-order valence-electron chi connectivity index (χ2n) is 2.47. The van der Waals surface area contributed by atoms with Gasteiger partial charge in [0.25, 0.3) is 0 Å². The first-order valence-corrected chi connectivity index (χ1v) is 2.92. The molecule has 1 aliphatic rings. The Morgan fingerprint density at radius 1 is 1.62 bits per heavy atom. The van der Waals surface area contributed by atoms with Crippen molar-refractivity contribution < 1.29 is 0 Å². The molecule has 0 aliphatic carbocycles. The summed E-state index contributed by atoms with van der Waals surface area (Å²) in [5.74, 6) is 0.717. The van der Waals surface area contributed by atoms with Crippen LogP contribution in [0.15, 0.2) is 0 Å². The van der Waals surface area contributed by atoms with E-state index < -0.39 is 0 Å². The van der Waals surface area contributed by atoms with Gasteiger partial charge in [0.15, 0.2) is 6.19 Å². The van der Waals surface area contributed by atoms with Gasteiger partial charge in [0.05, 0.1) is 0 Å². The molecule has 0 radical (unpaired) electrons. The van der Waals surface area contributed by atoms with E-state index in [0.717, 1.165) is 12.5 Å². The fraction of sp³-hybridized carbons (Fsp3) is 0.833. The Hall–Kier alpha value is -0.710. The lowest BCUT2D eigenvalue weighted by atomic mass is 9.93. The van der Waals surface area contributed by atoms with Gasteiger partial charge in [-0.2, -0.15) is 5.26 Å². The standard InChI is InChI=1S/C6H10N2/c1-5-3-8(4-7)6(5)2/h5-6H,3H2,1-2H3. The number of hydrogen-bond donors (Lipinski definition) is 0. The summed E-state index contributed by atoms with van der Waals surface area (Å²) >= 11 is 0. The molecule has 1 fully saturated rings. The van der Waals surface area contributed by atoms with Crippen molar-refractivity contribution in [2.24, 2.45) is 5.92 Å². The average molecular weight is 110 g/mol. The Bertz CT molecular complexity index is 125. The molecule has 2 heteroatoms. The van der Waals surface area contributed by atoms with Crippen LogP contribution >= 0.6 is 0 Å². The lowest BCUT2D eigenvalue weighted by Crippen LogP contribution is -2.49. The van der Waals surface area contributed by atoms with Gasteiger partial charge in [-0.1, -0.05) is 6.92 Å². The molecule has 0 saturated carbocycles. The zero-order valence-corrected chi connectivity index (χ0v) is 5.26. The highest BCUT2D eigenvalue weighted by molar-refractivity contribution is 4.93. The highest BCUT2D eigenvalue weighted by atomic mass is 15.2. The monoisotopic (exact) mass is 110 g/mol. The van der Waals surface area contributed by atoms with Gasteiger partial charge in [0, 0.05) is 12.6 Å². The first kappa shape index (κ1) is 5.43. The molecule has 0 aromatic rings. The summed E-state index contributed by atoms with van der Waals surface area (Å²) in [7, 11) is 0. The number of nitrogens with zero attached hydrogens (tertiary/aromatic N) is 2. The van der Waals surface area contributed by atoms with Crippen LogP contribution in [-0.2, 0) is 0 Å². The molecular weight excluding hydrogens is 100 g/mol. The Balaban J connectivity index is 2.39. The highest BCUT2D eigenvalue weighted by Crippen LogP contribution is 2.21. The molecule has 1 rings (SSSR count). The van der Waals surface area contributed by atoms with Gasteiger partial charge in [-0.15, -0.1) is 0 Å². The van der Waals surface area contributed by atoms with Crippen molar-refractivity contribution in [3.63, 3.8) is 0 Å². The van der Waals surface area contributed by atoms with Crippen LogP contribution < -0.4 is 0 Å². The maximum Gasteiger partial charge on any atom is 0.179 e. The molecule has 1 heterocycles. The number of likely N-dealkylation sites (tertiary alicyclic amines) is 1. The van der Waals surface area contributed by atoms with E-state index >= 15 is 0 Å². The third kappa shape index (κ3) is 0.551. The summed E-state index contributed by atoms with van der Waals surface area (Å²) in [5, 5.41) is 8.35. The van der Waals surface area contributed by atoms with E-state index in [4.69, 9.17) is 5.26 Å². The molecule has 44 valence electrons. The van der Waals surface area contributed by atoms with Crippen LogP contribution in [0.1, 0.15) is 13.8 Å². The van der Waals surface area contributed by atoms with Crippen LogP contribution in [0, 0.1) is 17.4 Å². The van der Waals surface area contributed by atoms with Crippen LogP contribution in [-0.4, -0.2) is 17.5 Å². The SMILES string of the molecule is CC1CN(C#N)C1C. The van der Waals surface area contributed by atoms with Gasteiger partial charge in [-0.25, -0.2) is 0 Å². The summed E-state index contributed by atoms with van der Waals surface area (Å²) in [6, 6.07) is 0.486. The molecule has 8 heavy (non-hydrogen) atoms. The molecule has 0 bridgehead atoms. The van der Waals surface area contributed by atoms with Crippen LogP contribution in [0.3, 0.4) is 0 Å². The molecular formula is C6H10N2. The third-order valence-corrected chi connectivity index (χ3v) is 1.93. The Labute approximate surface area is 49.7 Å². The number of rotatable bonds is 0. The van der Waals surface area contributed by atoms with E-state index in [1.807, 2.05) is 0 Å². The predicted octanol–water partition coefficient (Wildman–Crippen LogP) is 0.808. The van der Waals surface area contributed by atoms with Crippen LogP contribution in [0.25, 0.3) is 0 Å². The normalized spacial score (nSPS) is 35.9. The second kappa shape index (κ2) is 1.66. The minimum atomic E-state index is 0.486. The van der Waals surface area contributed by atoms with Crippen molar-refractivity contribution >= 4 is 0 Å². The molecule has 0 aromatic heterocycles. The molecule has 2 atom stereocenters. The Kier molecular flexibility index (Phi) is 1.13. The fourth-order valence-corrected chi connectivity index (χ4v) is 0.930. The molecule has 0 amide bonds. The second-order valence-corrected chi connectivity index (χ2v) is 2.47. The van der Waals surface area contributed by atoms with E-state index in [1.165, 1.54) is 0 Å². The minimum Gasteiger partial charge on any atom is -0.307 e. The van der Waals surface area contributed by atoms with Gasteiger partial charge in [0.1, 0.15) is 0 Å². The maximum absolute atomic E-state index is 8.35. The Morgan fingerprint density at radius 2 is 2.25 bits per heavy atom. The first-order chi connectivity index (χ1) is 3.75. The zero-order valence-electron chi connectivity index (χ0n) is 5.26. The van der Waals surface area contributed by atoms with Crippen molar-refractivity contribution in [1.82, 2.24) is 4.90 Å². The summed E-state index contributed by atoms with van der Waals surface area (Å²) in [5.41, 5.74) is 0.